The summed E-state index contributed by atoms with van der Waals surface area (Å²) in [5.41, 5.74) is 0.0780. The molecular formula is C19H17ClN2O4. The van der Waals surface area contributed by atoms with Gasteiger partial charge >= 0.3 is 0 Å². The third kappa shape index (κ3) is 2.78. The van der Waals surface area contributed by atoms with E-state index in [2.05, 4.69) is 0 Å². The predicted octanol–water partition coefficient (Wildman–Crippen LogP) is 3.18. The third-order valence-corrected chi connectivity index (χ3v) is 4.64. The van der Waals surface area contributed by atoms with Crippen LogP contribution in [0.3, 0.4) is 0 Å². The smallest absolute Gasteiger partial charge is 0.267 e. The van der Waals surface area contributed by atoms with Gasteiger partial charge < -0.3 is 19.3 Å². The topological polar surface area (TPSA) is 71.8 Å². The Morgan fingerprint density at radius 1 is 1.19 bits per heavy atom. The van der Waals surface area contributed by atoms with Crippen LogP contribution in [-0.4, -0.2) is 29.7 Å². The van der Waals surface area contributed by atoms with E-state index in [-0.39, 0.29) is 16.0 Å². The van der Waals surface area contributed by atoms with E-state index in [9.17, 15) is 14.7 Å². The van der Waals surface area contributed by atoms with Gasteiger partial charge in [-0.05, 0) is 36.4 Å². The molecule has 1 N–H and O–H groups in total. The minimum absolute atomic E-state index is 0.261. The summed E-state index contributed by atoms with van der Waals surface area (Å²) < 4.78 is 6.40. The van der Waals surface area contributed by atoms with Crippen molar-refractivity contribution >= 4 is 34.1 Å². The van der Waals surface area contributed by atoms with Gasteiger partial charge in [-0.15, -0.1) is 0 Å². The first-order valence-electron chi connectivity index (χ1n) is 7.79. The first-order chi connectivity index (χ1) is 12.4. The molecular weight excluding hydrogens is 356 g/mol. The zero-order valence-corrected chi connectivity index (χ0v) is 15.2. The highest BCUT2D eigenvalue weighted by molar-refractivity contribution is 6.36. The van der Waals surface area contributed by atoms with Crippen LogP contribution in [0.4, 0.5) is 5.69 Å². The normalized spacial score (nSPS) is 10.8. The maximum absolute atomic E-state index is 12.9. The van der Waals surface area contributed by atoms with E-state index in [0.29, 0.717) is 17.0 Å². The van der Waals surface area contributed by atoms with Crippen molar-refractivity contribution in [3.63, 3.8) is 0 Å². The van der Waals surface area contributed by atoms with E-state index in [1.54, 1.807) is 49.6 Å². The second kappa shape index (κ2) is 6.72. The number of hydrogen-bond acceptors (Lipinski definition) is 4. The number of aryl methyl sites for hydroxylation is 1. The number of carbonyl (C=O) groups excluding carboxylic acids is 1. The van der Waals surface area contributed by atoms with E-state index in [1.807, 2.05) is 0 Å². The van der Waals surface area contributed by atoms with Crippen molar-refractivity contribution < 1.29 is 14.6 Å². The summed E-state index contributed by atoms with van der Waals surface area (Å²) in [6, 6.07) is 11.7. The van der Waals surface area contributed by atoms with Crippen molar-refractivity contribution in [2.75, 3.05) is 19.1 Å². The quantitative estimate of drug-likeness (QED) is 0.766. The highest BCUT2D eigenvalue weighted by Crippen LogP contribution is 2.33. The van der Waals surface area contributed by atoms with E-state index >= 15 is 0 Å². The largest absolute Gasteiger partial charge is 0.506 e. The number of aromatic hydroxyl groups is 1. The van der Waals surface area contributed by atoms with Gasteiger partial charge in [0.15, 0.2) is 0 Å². The Labute approximate surface area is 154 Å². The van der Waals surface area contributed by atoms with E-state index in [1.165, 1.54) is 23.6 Å². The number of benzene rings is 2. The minimum Gasteiger partial charge on any atom is -0.506 e. The standard InChI is InChI=1S/C19H17ClN2O4/c1-21(11-7-9-12(26-3)10-8-11)18(24)16-17(23)15-13(20)5-4-6-14(15)22(2)19(16)25/h4-10,23H,1-3H3. The number of carbonyl (C=O) groups is 1. The molecule has 0 fully saturated rings. The molecule has 3 aromatic rings. The second-order valence-electron chi connectivity index (χ2n) is 5.78. The number of rotatable bonds is 3. The highest BCUT2D eigenvalue weighted by Gasteiger charge is 2.25. The molecule has 2 aromatic carbocycles. The molecule has 0 aliphatic rings. The zero-order valence-electron chi connectivity index (χ0n) is 14.5. The molecule has 0 aliphatic heterocycles. The highest BCUT2D eigenvalue weighted by atomic mass is 35.5. The van der Waals surface area contributed by atoms with Gasteiger partial charge in [-0.3, -0.25) is 9.59 Å². The lowest BCUT2D eigenvalue weighted by molar-refractivity contribution is 0.0988. The number of fused-ring (bicyclic) bond motifs is 1. The second-order valence-corrected chi connectivity index (χ2v) is 6.19. The van der Waals surface area contributed by atoms with Gasteiger partial charge in [0.05, 0.1) is 23.0 Å². The Bertz CT molecular complexity index is 1060. The molecule has 0 unspecified atom stereocenters. The van der Waals surface area contributed by atoms with Crippen molar-refractivity contribution in [2.45, 2.75) is 0 Å². The fourth-order valence-corrected chi connectivity index (χ4v) is 3.07. The maximum atomic E-state index is 12.9. The fourth-order valence-electron chi connectivity index (χ4n) is 2.81. The molecule has 1 heterocycles. The minimum atomic E-state index is -0.630. The molecule has 6 nitrogen and oxygen atoms in total. The van der Waals surface area contributed by atoms with Gasteiger partial charge in [0.2, 0.25) is 0 Å². The van der Waals surface area contributed by atoms with Crippen LogP contribution in [-0.2, 0) is 7.05 Å². The van der Waals surface area contributed by atoms with Gasteiger partial charge in [0.25, 0.3) is 11.5 Å². The molecule has 0 aliphatic carbocycles. The number of hydrogen-bond donors (Lipinski definition) is 1. The summed E-state index contributed by atoms with van der Waals surface area (Å²) >= 11 is 6.18. The summed E-state index contributed by atoms with van der Waals surface area (Å²) in [5, 5.41) is 11.1. The number of nitrogens with zero attached hydrogens (tertiary/aromatic N) is 2. The Balaban J connectivity index is 2.16. The van der Waals surface area contributed by atoms with Crippen LogP contribution in [0.15, 0.2) is 47.3 Å². The number of methoxy groups -OCH3 is 1. The summed E-state index contributed by atoms with van der Waals surface area (Å²) in [6.07, 6.45) is 0. The third-order valence-electron chi connectivity index (χ3n) is 4.32. The van der Waals surface area contributed by atoms with Crippen LogP contribution >= 0.6 is 11.6 Å². The Kier molecular flexibility index (Phi) is 4.61. The monoisotopic (exact) mass is 372 g/mol. The van der Waals surface area contributed by atoms with Crippen LogP contribution in [0.5, 0.6) is 11.5 Å². The molecule has 0 atom stereocenters. The van der Waals surface area contributed by atoms with E-state index in [0.717, 1.165) is 0 Å². The molecule has 0 saturated heterocycles. The summed E-state index contributed by atoms with van der Waals surface area (Å²) in [5.74, 6) is -0.403. The predicted molar refractivity (Wildman–Crippen MR) is 102 cm³/mol. The first-order valence-corrected chi connectivity index (χ1v) is 8.17. The van der Waals surface area contributed by atoms with Crippen LogP contribution in [0.2, 0.25) is 5.02 Å². The summed E-state index contributed by atoms with van der Waals surface area (Å²) in [6.45, 7) is 0. The lowest BCUT2D eigenvalue weighted by atomic mass is 10.1. The number of anilines is 1. The van der Waals surface area contributed by atoms with Crippen LogP contribution in [0.1, 0.15) is 10.4 Å². The summed E-state index contributed by atoms with van der Waals surface area (Å²) in [7, 11) is 4.61. The van der Waals surface area contributed by atoms with Crippen molar-refractivity contribution in [1.82, 2.24) is 4.57 Å². The van der Waals surface area contributed by atoms with E-state index < -0.39 is 17.2 Å². The molecule has 1 amide bonds. The average molecular weight is 373 g/mol. The van der Waals surface area contributed by atoms with Crippen LogP contribution in [0, 0.1) is 0 Å². The molecule has 0 spiro atoms. The molecule has 3 rings (SSSR count). The molecule has 1 aromatic heterocycles. The van der Waals surface area contributed by atoms with Gasteiger partial charge in [-0.1, -0.05) is 17.7 Å². The van der Waals surface area contributed by atoms with Gasteiger partial charge in [-0.25, -0.2) is 0 Å². The van der Waals surface area contributed by atoms with Gasteiger partial charge in [0.1, 0.15) is 17.1 Å². The maximum Gasteiger partial charge on any atom is 0.267 e. The van der Waals surface area contributed by atoms with Crippen molar-refractivity contribution in [2.24, 2.45) is 7.05 Å². The molecule has 7 heteroatoms. The fraction of sp³-hybridized carbons (Fsp3) is 0.158. The number of amides is 1. The summed E-state index contributed by atoms with van der Waals surface area (Å²) in [4.78, 5) is 26.9. The van der Waals surface area contributed by atoms with Crippen LogP contribution < -0.4 is 15.2 Å². The Morgan fingerprint density at radius 3 is 2.46 bits per heavy atom. The molecule has 134 valence electrons. The van der Waals surface area contributed by atoms with Crippen molar-refractivity contribution in [1.29, 1.82) is 0 Å². The lowest BCUT2D eigenvalue weighted by Gasteiger charge is -2.19. The Hall–Kier alpha value is -2.99. The van der Waals surface area contributed by atoms with E-state index in [4.69, 9.17) is 16.3 Å². The van der Waals surface area contributed by atoms with Gasteiger partial charge in [-0.2, -0.15) is 0 Å². The van der Waals surface area contributed by atoms with Gasteiger partial charge in [0, 0.05) is 19.8 Å². The average Bonchev–Trinajstić information content (AvgIpc) is 2.65. The van der Waals surface area contributed by atoms with Crippen LogP contribution in [0.25, 0.3) is 10.9 Å². The first kappa shape index (κ1) is 17.8. The number of halogens is 1. The zero-order chi connectivity index (χ0) is 19.0. The number of ether oxygens (including phenoxy) is 1. The van der Waals surface area contributed by atoms with Crippen molar-refractivity contribution in [3.05, 3.63) is 63.4 Å². The Morgan fingerprint density at radius 2 is 1.85 bits per heavy atom. The number of aromatic nitrogens is 1. The molecule has 0 radical (unpaired) electrons. The number of pyridine rings is 1. The lowest BCUT2D eigenvalue weighted by Crippen LogP contribution is -2.34. The molecule has 0 saturated carbocycles. The van der Waals surface area contributed by atoms with Crippen molar-refractivity contribution in [3.8, 4) is 11.5 Å². The molecule has 26 heavy (non-hydrogen) atoms. The molecule has 0 bridgehead atoms. The SMILES string of the molecule is COc1ccc(N(C)C(=O)c2c(O)c3c(Cl)cccc3n(C)c2=O)cc1.